The Bertz CT molecular complexity index is 398. The highest BCUT2D eigenvalue weighted by Gasteiger charge is 2.35. The zero-order valence-corrected chi connectivity index (χ0v) is 11.0. The van der Waals surface area contributed by atoms with Crippen molar-refractivity contribution in [3.63, 3.8) is 0 Å². The van der Waals surface area contributed by atoms with Gasteiger partial charge >= 0.3 is 0 Å². The van der Waals surface area contributed by atoms with Crippen molar-refractivity contribution in [2.75, 3.05) is 23.7 Å². The van der Waals surface area contributed by atoms with Crippen LogP contribution < -0.4 is 10.6 Å². The van der Waals surface area contributed by atoms with Crippen molar-refractivity contribution in [1.29, 1.82) is 0 Å². The Balaban J connectivity index is 2.23. The number of aromatic nitrogens is 2. The lowest BCUT2D eigenvalue weighted by molar-refractivity contribution is 0.301. The molecule has 4 nitrogen and oxygen atoms in total. The second-order valence-electron chi connectivity index (χ2n) is 5.11. The third-order valence-corrected chi connectivity index (χ3v) is 4.20. The van der Waals surface area contributed by atoms with Crippen LogP contribution in [-0.2, 0) is 0 Å². The van der Waals surface area contributed by atoms with Gasteiger partial charge in [-0.3, -0.25) is 0 Å². The molecule has 1 aromatic heterocycles. The average molecular weight is 234 g/mol. The lowest BCUT2D eigenvalue weighted by Gasteiger charge is -2.27. The van der Waals surface area contributed by atoms with Crippen molar-refractivity contribution < 1.29 is 0 Å². The highest BCUT2D eigenvalue weighted by molar-refractivity contribution is 5.49. The van der Waals surface area contributed by atoms with Gasteiger partial charge in [-0.25, -0.2) is 4.98 Å². The molecule has 2 rings (SSSR count). The molecule has 94 valence electrons. The summed E-state index contributed by atoms with van der Waals surface area (Å²) in [5.41, 5.74) is 7.26. The van der Waals surface area contributed by atoms with Crippen LogP contribution in [-0.4, -0.2) is 23.1 Å². The molecule has 0 aliphatic carbocycles. The van der Waals surface area contributed by atoms with E-state index in [-0.39, 0.29) is 0 Å². The molecule has 0 unspecified atom stereocenters. The van der Waals surface area contributed by atoms with E-state index in [0.29, 0.717) is 11.4 Å². The van der Waals surface area contributed by atoms with Gasteiger partial charge in [0.15, 0.2) is 0 Å². The number of nitrogens with zero attached hydrogens (tertiary/aromatic N) is 3. The van der Waals surface area contributed by atoms with Crippen LogP contribution in [0.5, 0.6) is 0 Å². The molecule has 1 aliphatic rings. The Morgan fingerprint density at radius 1 is 1.41 bits per heavy atom. The fourth-order valence-electron chi connectivity index (χ4n) is 2.71. The number of aryl methyl sites for hydroxylation is 1. The highest BCUT2D eigenvalue weighted by Crippen LogP contribution is 2.39. The number of rotatable bonds is 3. The summed E-state index contributed by atoms with van der Waals surface area (Å²) in [5.74, 6) is 1.39. The van der Waals surface area contributed by atoms with Crippen molar-refractivity contribution in [1.82, 2.24) is 9.97 Å². The molecule has 1 aliphatic heterocycles. The monoisotopic (exact) mass is 234 g/mol. The largest absolute Gasteiger partial charge is 0.368 e. The number of hydrogen-bond donors (Lipinski definition) is 1. The summed E-state index contributed by atoms with van der Waals surface area (Å²) in [6.45, 7) is 8.80. The normalized spacial score (nSPS) is 18.6. The van der Waals surface area contributed by atoms with E-state index in [9.17, 15) is 0 Å². The smallest absolute Gasteiger partial charge is 0.221 e. The van der Waals surface area contributed by atoms with Crippen LogP contribution in [0.1, 0.15) is 38.7 Å². The Morgan fingerprint density at radius 2 is 2.12 bits per heavy atom. The molecule has 1 fully saturated rings. The molecular formula is C13H22N4. The lowest BCUT2D eigenvalue weighted by Crippen LogP contribution is -2.27. The standard InChI is InChI=1S/C13H22N4/c1-4-13(5-2)6-7-17(9-13)11-10(3)8-15-12(14)16-11/h8H,4-7,9H2,1-3H3,(H2,14,15,16). The van der Waals surface area contributed by atoms with E-state index in [0.717, 1.165) is 24.5 Å². The van der Waals surface area contributed by atoms with Crippen LogP contribution in [0, 0.1) is 12.3 Å². The minimum absolute atomic E-state index is 0.371. The molecular weight excluding hydrogens is 212 g/mol. The predicted octanol–water partition coefficient (Wildman–Crippen LogP) is 2.38. The predicted molar refractivity (Wildman–Crippen MR) is 71.0 cm³/mol. The first kappa shape index (κ1) is 12.1. The van der Waals surface area contributed by atoms with Gasteiger partial charge in [0.25, 0.3) is 0 Å². The third-order valence-electron chi connectivity index (χ3n) is 4.20. The minimum Gasteiger partial charge on any atom is -0.368 e. The van der Waals surface area contributed by atoms with E-state index in [1.54, 1.807) is 0 Å². The topological polar surface area (TPSA) is 55.0 Å². The first-order valence-electron chi connectivity index (χ1n) is 6.44. The fourth-order valence-corrected chi connectivity index (χ4v) is 2.71. The first-order chi connectivity index (χ1) is 8.10. The molecule has 0 atom stereocenters. The van der Waals surface area contributed by atoms with Crippen LogP contribution in [0.3, 0.4) is 0 Å². The summed E-state index contributed by atoms with van der Waals surface area (Å²) in [7, 11) is 0. The van der Waals surface area contributed by atoms with Gasteiger partial charge in [-0.05, 0) is 31.6 Å². The average Bonchev–Trinajstić information content (AvgIpc) is 2.77. The first-order valence-corrected chi connectivity index (χ1v) is 6.44. The molecule has 0 aromatic carbocycles. The summed E-state index contributed by atoms with van der Waals surface area (Å²) in [6, 6.07) is 0. The third kappa shape index (κ3) is 2.21. The maximum atomic E-state index is 5.68. The van der Waals surface area contributed by atoms with Crippen molar-refractivity contribution >= 4 is 11.8 Å². The van der Waals surface area contributed by atoms with E-state index in [1.165, 1.54) is 19.3 Å². The zero-order chi connectivity index (χ0) is 12.5. The van der Waals surface area contributed by atoms with Crippen LogP contribution >= 0.6 is 0 Å². The summed E-state index contributed by atoms with van der Waals surface area (Å²) < 4.78 is 0. The van der Waals surface area contributed by atoms with Crippen molar-refractivity contribution in [3.05, 3.63) is 11.8 Å². The lowest BCUT2D eigenvalue weighted by atomic mass is 9.82. The zero-order valence-electron chi connectivity index (χ0n) is 11.0. The Morgan fingerprint density at radius 3 is 2.71 bits per heavy atom. The van der Waals surface area contributed by atoms with Gasteiger partial charge in [0.1, 0.15) is 5.82 Å². The van der Waals surface area contributed by atoms with Crippen LogP contribution in [0.15, 0.2) is 6.20 Å². The molecule has 1 saturated heterocycles. The molecule has 4 heteroatoms. The van der Waals surface area contributed by atoms with E-state index in [1.807, 2.05) is 13.1 Å². The molecule has 0 saturated carbocycles. The molecule has 0 bridgehead atoms. The second kappa shape index (κ2) is 4.51. The summed E-state index contributed by atoms with van der Waals surface area (Å²) in [4.78, 5) is 10.8. The van der Waals surface area contributed by atoms with Crippen molar-refractivity contribution in [2.24, 2.45) is 5.41 Å². The molecule has 0 amide bonds. The molecule has 2 heterocycles. The van der Waals surface area contributed by atoms with E-state index in [2.05, 4.69) is 28.7 Å². The van der Waals surface area contributed by atoms with Crippen LogP contribution in [0.4, 0.5) is 11.8 Å². The maximum Gasteiger partial charge on any atom is 0.221 e. The number of nitrogen functional groups attached to an aromatic ring is 1. The quantitative estimate of drug-likeness (QED) is 0.872. The summed E-state index contributed by atoms with van der Waals surface area (Å²) >= 11 is 0. The van der Waals surface area contributed by atoms with Gasteiger partial charge < -0.3 is 10.6 Å². The Kier molecular flexibility index (Phi) is 3.22. The van der Waals surface area contributed by atoms with Gasteiger partial charge in [0.05, 0.1) is 0 Å². The highest BCUT2D eigenvalue weighted by atomic mass is 15.2. The van der Waals surface area contributed by atoms with Gasteiger partial charge in [-0.15, -0.1) is 0 Å². The SMILES string of the molecule is CCC1(CC)CCN(c2nc(N)ncc2C)C1. The molecule has 2 N–H and O–H groups in total. The number of nitrogens with two attached hydrogens (primary N) is 1. The molecule has 1 aromatic rings. The Labute approximate surface area is 103 Å². The summed E-state index contributed by atoms with van der Waals surface area (Å²) in [5, 5.41) is 0. The maximum absolute atomic E-state index is 5.68. The van der Waals surface area contributed by atoms with Crippen LogP contribution in [0.25, 0.3) is 0 Å². The van der Waals surface area contributed by atoms with E-state index < -0.39 is 0 Å². The second-order valence-corrected chi connectivity index (χ2v) is 5.11. The van der Waals surface area contributed by atoms with Crippen LogP contribution in [0.2, 0.25) is 0 Å². The van der Waals surface area contributed by atoms with Gasteiger partial charge in [-0.1, -0.05) is 13.8 Å². The molecule has 0 spiro atoms. The van der Waals surface area contributed by atoms with Gasteiger partial charge in [-0.2, -0.15) is 4.98 Å². The Hall–Kier alpha value is -1.32. The van der Waals surface area contributed by atoms with Crippen molar-refractivity contribution in [3.8, 4) is 0 Å². The number of anilines is 2. The van der Waals surface area contributed by atoms with Gasteiger partial charge in [0, 0.05) is 24.8 Å². The summed E-state index contributed by atoms with van der Waals surface area (Å²) in [6.07, 6.45) is 5.54. The molecule has 0 radical (unpaired) electrons. The van der Waals surface area contributed by atoms with E-state index >= 15 is 0 Å². The van der Waals surface area contributed by atoms with Crippen molar-refractivity contribution in [2.45, 2.75) is 40.0 Å². The number of hydrogen-bond acceptors (Lipinski definition) is 4. The molecule has 17 heavy (non-hydrogen) atoms. The van der Waals surface area contributed by atoms with Gasteiger partial charge in [0.2, 0.25) is 5.95 Å². The van der Waals surface area contributed by atoms with E-state index in [4.69, 9.17) is 5.73 Å². The minimum atomic E-state index is 0.371. The fraction of sp³-hybridized carbons (Fsp3) is 0.692.